The minimum absolute atomic E-state index is 0.0569. The number of ether oxygens (including phenoxy) is 1. The average molecular weight is 585 g/mol. The predicted octanol–water partition coefficient (Wildman–Crippen LogP) is 6.39. The Kier molecular flexibility index (Phi) is 7.30. The number of carbonyl (C=O) groups excluding carboxylic acids is 3. The number of barbiturate groups is 1. The number of hydrogen-bond donors (Lipinski definition) is 1. The van der Waals surface area contributed by atoms with Crippen LogP contribution in [0.15, 0.2) is 121 Å². The third-order valence-corrected chi connectivity index (χ3v) is 7.20. The van der Waals surface area contributed by atoms with Crippen molar-refractivity contribution in [3.63, 3.8) is 0 Å². The molecular weight excluding hydrogens is 560 g/mol. The molecule has 1 fully saturated rings. The molecule has 0 atom stereocenters. The van der Waals surface area contributed by atoms with Gasteiger partial charge in [-0.1, -0.05) is 60.7 Å². The van der Waals surface area contributed by atoms with Crippen molar-refractivity contribution in [2.45, 2.75) is 0 Å². The van der Waals surface area contributed by atoms with Gasteiger partial charge in [0.05, 0.1) is 29.1 Å². The van der Waals surface area contributed by atoms with Crippen molar-refractivity contribution in [2.75, 3.05) is 12.0 Å². The van der Waals surface area contributed by atoms with Crippen LogP contribution in [0.4, 0.5) is 16.2 Å². The van der Waals surface area contributed by atoms with Crippen LogP contribution in [-0.4, -0.2) is 34.4 Å². The van der Waals surface area contributed by atoms with E-state index in [1.807, 2.05) is 71.3 Å². The monoisotopic (exact) mass is 584 g/mol. The number of rotatable bonds is 7. The van der Waals surface area contributed by atoms with Gasteiger partial charge in [-0.05, 0) is 59.7 Å². The minimum atomic E-state index is -0.862. The first-order valence-electron chi connectivity index (χ1n) is 13.5. The third-order valence-electron chi connectivity index (χ3n) is 7.20. The molecule has 1 aromatic heterocycles. The fourth-order valence-electron chi connectivity index (χ4n) is 5.12. The number of methoxy groups -OCH3 is 1. The molecule has 4 amide bonds. The maximum atomic E-state index is 13.8. The molecule has 10 nitrogen and oxygen atoms in total. The Morgan fingerprint density at radius 3 is 1.95 bits per heavy atom. The van der Waals surface area contributed by atoms with Crippen molar-refractivity contribution < 1.29 is 24.0 Å². The van der Waals surface area contributed by atoms with E-state index in [-0.39, 0.29) is 16.9 Å². The Balaban J connectivity index is 1.57. The zero-order valence-corrected chi connectivity index (χ0v) is 23.3. The molecule has 5 aromatic rings. The van der Waals surface area contributed by atoms with E-state index in [0.717, 1.165) is 21.7 Å². The van der Waals surface area contributed by atoms with Crippen LogP contribution in [0.5, 0.6) is 5.75 Å². The first-order valence-corrected chi connectivity index (χ1v) is 13.5. The Labute approximate surface area is 251 Å². The summed E-state index contributed by atoms with van der Waals surface area (Å²) in [7, 11) is 1.50. The largest absolute Gasteiger partial charge is 0.497 e. The van der Waals surface area contributed by atoms with Gasteiger partial charge in [0.25, 0.3) is 17.5 Å². The molecule has 10 heteroatoms. The van der Waals surface area contributed by atoms with Crippen molar-refractivity contribution in [3.05, 3.63) is 137 Å². The number of non-ortho nitro benzene ring substituents is 1. The highest BCUT2D eigenvalue weighted by Gasteiger charge is 2.37. The van der Waals surface area contributed by atoms with Crippen molar-refractivity contribution in [2.24, 2.45) is 0 Å². The first-order chi connectivity index (χ1) is 21.4. The molecule has 44 heavy (non-hydrogen) atoms. The van der Waals surface area contributed by atoms with Crippen molar-refractivity contribution in [1.29, 1.82) is 0 Å². The summed E-state index contributed by atoms with van der Waals surface area (Å²) >= 11 is 0. The first kappa shape index (κ1) is 27.9. The van der Waals surface area contributed by atoms with E-state index in [9.17, 15) is 24.5 Å². The zero-order valence-electron chi connectivity index (χ0n) is 23.3. The molecule has 4 aromatic carbocycles. The topological polar surface area (TPSA) is 124 Å². The maximum Gasteiger partial charge on any atom is 0.335 e. The Morgan fingerprint density at radius 1 is 0.773 bits per heavy atom. The van der Waals surface area contributed by atoms with Crippen molar-refractivity contribution >= 4 is 35.3 Å². The average Bonchev–Trinajstić information content (AvgIpc) is 3.43. The molecule has 6 rings (SSSR count). The summed E-state index contributed by atoms with van der Waals surface area (Å²) in [6, 6.07) is 32.4. The fourth-order valence-corrected chi connectivity index (χ4v) is 5.12. The fraction of sp³-hybridized carbons (Fsp3) is 0.0294. The molecule has 1 aliphatic rings. The molecule has 0 saturated carbocycles. The summed E-state index contributed by atoms with van der Waals surface area (Å²) in [6.07, 6.45) is 1.47. The van der Waals surface area contributed by atoms with Gasteiger partial charge in [-0.15, -0.1) is 0 Å². The number of nitrogens with one attached hydrogen (secondary N) is 1. The Bertz CT molecular complexity index is 1930. The second-order valence-electron chi connectivity index (χ2n) is 9.83. The van der Waals surface area contributed by atoms with Crippen LogP contribution in [0.25, 0.3) is 34.3 Å². The van der Waals surface area contributed by atoms with Crippen LogP contribution in [0.1, 0.15) is 5.56 Å². The zero-order chi connectivity index (χ0) is 30.8. The van der Waals surface area contributed by atoms with Gasteiger partial charge < -0.3 is 9.30 Å². The number of hydrogen-bond acceptors (Lipinski definition) is 6. The number of urea groups is 1. The van der Waals surface area contributed by atoms with Crippen LogP contribution in [0.3, 0.4) is 0 Å². The van der Waals surface area contributed by atoms with Crippen LogP contribution in [-0.2, 0) is 9.59 Å². The summed E-state index contributed by atoms with van der Waals surface area (Å²) < 4.78 is 7.11. The Hall–Kier alpha value is -6.29. The Morgan fingerprint density at radius 2 is 1.36 bits per heavy atom. The molecule has 0 spiro atoms. The van der Waals surface area contributed by atoms with E-state index in [4.69, 9.17) is 4.74 Å². The predicted molar refractivity (Wildman–Crippen MR) is 165 cm³/mol. The summed E-state index contributed by atoms with van der Waals surface area (Å²) in [6.45, 7) is 0. The lowest BCUT2D eigenvalue weighted by molar-refractivity contribution is -0.384. The number of benzene rings is 4. The van der Waals surface area contributed by atoms with Gasteiger partial charge in [-0.2, -0.15) is 0 Å². The molecule has 0 bridgehead atoms. The number of aromatic nitrogens is 1. The quantitative estimate of drug-likeness (QED) is 0.102. The van der Waals surface area contributed by atoms with Crippen LogP contribution in [0.2, 0.25) is 0 Å². The number of anilines is 1. The van der Waals surface area contributed by atoms with Gasteiger partial charge in [0.2, 0.25) is 0 Å². The number of nitro groups is 1. The molecular formula is C34H24N4O6. The highest BCUT2D eigenvalue weighted by Crippen LogP contribution is 2.38. The molecule has 216 valence electrons. The van der Waals surface area contributed by atoms with E-state index in [1.54, 1.807) is 36.4 Å². The number of imide groups is 2. The van der Waals surface area contributed by atoms with Gasteiger partial charge >= 0.3 is 6.03 Å². The minimum Gasteiger partial charge on any atom is -0.497 e. The van der Waals surface area contributed by atoms with Gasteiger partial charge in [-0.3, -0.25) is 25.0 Å². The van der Waals surface area contributed by atoms with E-state index in [2.05, 4.69) is 5.32 Å². The normalized spacial score (nSPS) is 14.1. The molecule has 1 saturated heterocycles. The number of amides is 4. The smallest absolute Gasteiger partial charge is 0.335 e. The standard InChI is InChI=1S/C34H24N4O6/c1-44-28-18-16-26(17-19-28)37-33(40)29(32(39)35-34(37)41)20-24-21-30(22-8-4-2-5-9-22)36(31(24)23-10-6-3-7-11-23)25-12-14-27(15-13-25)38(42)43/h2-21H,1H3,(H,35,39,41). The van der Waals surface area contributed by atoms with E-state index in [1.165, 1.54) is 25.3 Å². The van der Waals surface area contributed by atoms with Crippen molar-refractivity contribution in [1.82, 2.24) is 9.88 Å². The summed E-state index contributed by atoms with van der Waals surface area (Å²) in [5.41, 5.74) is 4.09. The van der Waals surface area contributed by atoms with Crippen LogP contribution in [0, 0.1) is 10.1 Å². The highest BCUT2D eigenvalue weighted by molar-refractivity contribution is 6.39. The van der Waals surface area contributed by atoms with Gasteiger partial charge in [0.1, 0.15) is 11.3 Å². The summed E-state index contributed by atoms with van der Waals surface area (Å²) in [4.78, 5) is 51.5. The highest BCUT2D eigenvalue weighted by atomic mass is 16.6. The lowest BCUT2D eigenvalue weighted by Gasteiger charge is -2.26. The van der Waals surface area contributed by atoms with Crippen molar-refractivity contribution in [3.8, 4) is 34.0 Å². The number of nitrogens with zero attached hydrogens (tertiary/aromatic N) is 3. The second-order valence-corrected chi connectivity index (χ2v) is 9.83. The number of nitro benzene ring substituents is 1. The summed E-state index contributed by atoms with van der Waals surface area (Å²) in [5, 5.41) is 13.7. The number of carbonyl (C=O) groups is 3. The summed E-state index contributed by atoms with van der Waals surface area (Å²) in [5.74, 6) is -1.07. The van der Waals surface area contributed by atoms with E-state index < -0.39 is 22.8 Å². The van der Waals surface area contributed by atoms with Gasteiger partial charge in [0.15, 0.2) is 0 Å². The lowest BCUT2D eigenvalue weighted by atomic mass is 10.0. The maximum absolute atomic E-state index is 13.8. The van der Waals surface area contributed by atoms with Crippen LogP contribution >= 0.6 is 0 Å². The van der Waals surface area contributed by atoms with Gasteiger partial charge in [-0.25, -0.2) is 9.69 Å². The molecule has 1 aliphatic heterocycles. The molecule has 0 unspecified atom stereocenters. The molecule has 1 N–H and O–H groups in total. The third kappa shape index (κ3) is 5.12. The molecule has 0 radical (unpaired) electrons. The lowest BCUT2D eigenvalue weighted by Crippen LogP contribution is -2.54. The molecule has 0 aliphatic carbocycles. The SMILES string of the molecule is COc1ccc(N2C(=O)NC(=O)C(=Cc3cc(-c4ccccc4)n(-c4ccc([N+](=O)[O-])cc4)c3-c3ccccc3)C2=O)cc1. The molecule has 2 heterocycles. The van der Waals surface area contributed by atoms with E-state index >= 15 is 0 Å². The van der Waals surface area contributed by atoms with Gasteiger partial charge in [0, 0.05) is 23.4 Å². The van der Waals surface area contributed by atoms with E-state index in [0.29, 0.717) is 22.7 Å². The second kappa shape index (κ2) is 11.5. The van der Waals surface area contributed by atoms with Crippen LogP contribution < -0.4 is 15.0 Å².